The number of aliphatic hydroxyl groups excluding tert-OH is 1. The predicted molar refractivity (Wildman–Crippen MR) is 65.8 cm³/mol. The highest BCUT2D eigenvalue weighted by Gasteiger charge is 2.47. The molecule has 0 aromatic carbocycles. The van der Waals surface area contributed by atoms with Crippen LogP contribution in [0.2, 0.25) is 5.02 Å². The number of rotatable bonds is 2. The first-order chi connectivity index (χ1) is 7.96. The number of nitrogens with zero attached hydrogens (tertiary/aromatic N) is 2. The molecule has 0 saturated heterocycles. The first kappa shape index (κ1) is 12.2. The number of aliphatic hydroxyl groups is 1. The number of nitriles is 1. The highest BCUT2D eigenvalue weighted by Crippen LogP contribution is 2.42. The van der Waals surface area contributed by atoms with Gasteiger partial charge in [-0.05, 0) is 12.5 Å². The van der Waals surface area contributed by atoms with Crippen molar-refractivity contribution in [1.29, 1.82) is 5.26 Å². The Bertz CT molecular complexity index is 481. The van der Waals surface area contributed by atoms with E-state index < -0.39 is 0 Å². The summed E-state index contributed by atoms with van der Waals surface area (Å²) in [6.07, 6.45) is 1.91. The lowest BCUT2D eigenvalue weighted by Gasteiger charge is -2.49. The van der Waals surface area contributed by atoms with Gasteiger partial charge in [0.2, 0.25) is 0 Å². The van der Waals surface area contributed by atoms with Gasteiger partial charge < -0.3 is 10.4 Å². The van der Waals surface area contributed by atoms with Gasteiger partial charge in [-0.25, -0.2) is 4.98 Å². The van der Waals surface area contributed by atoms with E-state index in [4.69, 9.17) is 16.9 Å². The lowest BCUT2D eigenvalue weighted by molar-refractivity contribution is -0.0511. The van der Waals surface area contributed by atoms with Crippen LogP contribution in [0.1, 0.15) is 25.8 Å². The summed E-state index contributed by atoms with van der Waals surface area (Å²) in [7, 11) is 0. The maximum absolute atomic E-state index is 9.65. The number of halogens is 1. The molecular formula is C12H14ClN3O. The molecule has 2 unspecified atom stereocenters. The van der Waals surface area contributed by atoms with Gasteiger partial charge in [0.15, 0.2) is 0 Å². The number of aromatic nitrogens is 1. The van der Waals surface area contributed by atoms with Crippen molar-refractivity contribution in [3.05, 3.63) is 22.8 Å². The summed E-state index contributed by atoms with van der Waals surface area (Å²) in [6, 6.07) is 3.71. The molecule has 0 spiro atoms. The molecule has 1 aromatic heterocycles. The van der Waals surface area contributed by atoms with Crippen LogP contribution in [0.25, 0.3) is 0 Å². The summed E-state index contributed by atoms with van der Waals surface area (Å²) in [4.78, 5) is 4.12. The van der Waals surface area contributed by atoms with Crippen LogP contribution >= 0.6 is 11.6 Å². The third-order valence-electron chi connectivity index (χ3n) is 3.54. The Balaban J connectivity index is 2.19. The molecule has 0 radical (unpaired) electrons. The Morgan fingerprint density at radius 3 is 2.88 bits per heavy atom. The van der Waals surface area contributed by atoms with Crippen LogP contribution in [0.4, 0.5) is 5.82 Å². The van der Waals surface area contributed by atoms with Gasteiger partial charge in [-0.1, -0.05) is 25.4 Å². The average Bonchev–Trinajstić information content (AvgIpc) is 2.31. The number of anilines is 1. The molecule has 1 aromatic rings. The Morgan fingerprint density at radius 1 is 1.65 bits per heavy atom. The second-order valence-corrected chi connectivity index (χ2v) is 5.28. The van der Waals surface area contributed by atoms with E-state index >= 15 is 0 Å². The minimum absolute atomic E-state index is 0.122. The molecule has 90 valence electrons. The van der Waals surface area contributed by atoms with E-state index in [-0.39, 0.29) is 17.6 Å². The monoisotopic (exact) mass is 251 g/mol. The van der Waals surface area contributed by atoms with Gasteiger partial charge in [-0.15, -0.1) is 0 Å². The van der Waals surface area contributed by atoms with Gasteiger partial charge in [0.1, 0.15) is 16.9 Å². The second-order valence-electron chi connectivity index (χ2n) is 4.90. The van der Waals surface area contributed by atoms with Gasteiger partial charge >= 0.3 is 0 Å². The number of hydrogen-bond donors (Lipinski definition) is 2. The van der Waals surface area contributed by atoms with Crippen molar-refractivity contribution in [3.8, 4) is 6.07 Å². The molecular weight excluding hydrogens is 238 g/mol. The SMILES string of the molecule is CC1(C)C(O)CC1Nc1nccc(C#N)c1Cl. The van der Waals surface area contributed by atoms with Gasteiger partial charge in [0, 0.05) is 17.7 Å². The fraction of sp³-hybridized carbons (Fsp3) is 0.500. The van der Waals surface area contributed by atoms with Crippen LogP contribution in [-0.2, 0) is 0 Å². The molecule has 5 heteroatoms. The number of hydrogen-bond acceptors (Lipinski definition) is 4. The largest absolute Gasteiger partial charge is 0.392 e. The summed E-state index contributed by atoms with van der Waals surface area (Å²) < 4.78 is 0. The van der Waals surface area contributed by atoms with Crippen LogP contribution in [0, 0.1) is 16.7 Å². The highest BCUT2D eigenvalue weighted by atomic mass is 35.5. The van der Waals surface area contributed by atoms with Crippen molar-refractivity contribution in [2.45, 2.75) is 32.4 Å². The molecule has 1 aliphatic carbocycles. The van der Waals surface area contributed by atoms with Crippen LogP contribution in [0.3, 0.4) is 0 Å². The summed E-state index contributed by atoms with van der Waals surface area (Å²) >= 11 is 6.05. The zero-order chi connectivity index (χ0) is 12.6. The molecule has 1 fully saturated rings. The van der Waals surface area contributed by atoms with E-state index in [0.717, 1.165) is 0 Å². The topological polar surface area (TPSA) is 68.9 Å². The van der Waals surface area contributed by atoms with Crippen LogP contribution in [0.5, 0.6) is 0 Å². The van der Waals surface area contributed by atoms with Crippen LogP contribution in [-0.4, -0.2) is 22.2 Å². The molecule has 4 nitrogen and oxygen atoms in total. The zero-order valence-electron chi connectivity index (χ0n) is 9.74. The molecule has 0 bridgehead atoms. The van der Waals surface area contributed by atoms with Crippen molar-refractivity contribution < 1.29 is 5.11 Å². The summed E-state index contributed by atoms with van der Waals surface area (Å²) in [5.41, 5.74) is 0.204. The average molecular weight is 252 g/mol. The third-order valence-corrected chi connectivity index (χ3v) is 3.92. The van der Waals surface area contributed by atoms with Gasteiger partial charge in [-0.2, -0.15) is 5.26 Å². The normalized spacial score (nSPS) is 25.8. The van der Waals surface area contributed by atoms with E-state index in [9.17, 15) is 5.11 Å². The minimum Gasteiger partial charge on any atom is -0.392 e. The first-order valence-electron chi connectivity index (χ1n) is 5.46. The number of pyridine rings is 1. The zero-order valence-corrected chi connectivity index (χ0v) is 10.5. The Kier molecular flexibility index (Phi) is 2.98. The molecule has 1 saturated carbocycles. The molecule has 17 heavy (non-hydrogen) atoms. The van der Waals surface area contributed by atoms with Crippen molar-refractivity contribution >= 4 is 17.4 Å². The molecule has 2 N–H and O–H groups in total. The Morgan fingerprint density at radius 2 is 2.35 bits per heavy atom. The smallest absolute Gasteiger partial charge is 0.146 e. The molecule has 1 heterocycles. The van der Waals surface area contributed by atoms with Gasteiger partial charge in [0.05, 0.1) is 11.7 Å². The van der Waals surface area contributed by atoms with E-state index in [1.54, 1.807) is 12.3 Å². The van der Waals surface area contributed by atoms with Gasteiger partial charge in [0.25, 0.3) is 0 Å². The van der Waals surface area contributed by atoms with Crippen molar-refractivity contribution in [1.82, 2.24) is 4.98 Å². The van der Waals surface area contributed by atoms with E-state index in [1.165, 1.54) is 0 Å². The fourth-order valence-electron chi connectivity index (χ4n) is 1.94. The third kappa shape index (κ3) is 1.97. The van der Waals surface area contributed by atoms with Crippen molar-refractivity contribution in [2.24, 2.45) is 5.41 Å². The van der Waals surface area contributed by atoms with Crippen LogP contribution < -0.4 is 5.32 Å². The van der Waals surface area contributed by atoms with Crippen LogP contribution in [0.15, 0.2) is 12.3 Å². The van der Waals surface area contributed by atoms with E-state index in [2.05, 4.69) is 10.3 Å². The van der Waals surface area contributed by atoms with E-state index in [1.807, 2.05) is 19.9 Å². The molecule has 0 aliphatic heterocycles. The minimum atomic E-state index is -0.307. The Labute approximate surface area is 105 Å². The maximum Gasteiger partial charge on any atom is 0.146 e. The predicted octanol–water partition coefficient (Wildman–Crippen LogP) is 2.18. The maximum atomic E-state index is 9.65. The Hall–Kier alpha value is -1.31. The molecule has 2 atom stereocenters. The lowest BCUT2D eigenvalue weighted by Crippen LogP contribution is -2.57. The summed E-state index contributed by atoms with van der Waals surface area (Å²) in [5.74, 6) is 0.510. The summed E-state index contributed by atoms with van der Waals surface area (Å²) in [5, 5.41) is 22.0. The van der Waals surface area contributed by atoms with Gasteiger partial charge in [-0.3, -0.25) is 0 Å². The van der Waals surface area contributed by atoms with Crippen molar-refractivity contribution in [2.75, 3.05) is 5.32 Å². The molecule has 1 aliphatic rings. The molecule has 0 amide bonds. The molecule has 2 rings (SSSR count). The van der Waals surface area contributed by atoms with E-state index in [0.29, 0.717) is 22.8 Å². The first-order valence-corrected chi connectivity index (χ1v) is 5.84. The lowest BCUT2D eigenvalue weighted by atomic mass is 9.64. The number of nitrogens with one attached hydrogen (secondary N) is 1. The fourth-order valence-corrected chi connectivity index (χ4v) is 2.15. The van der Waals surface area contributed by atoms with Crippen molar-refractivity contribution in [3.63, 3.8) is 0 Å². The standard InChI is InChI=1S/C12H14ClN3O/c1-12(2)8(5-9(12)17)16-11-10(13)7(6-14)3-4-15-11/h3-4,8-9,17H,5H2,1-2H3,(H,15,16). The highest BCUT2D eigenvalue weighted by molar-refractivity contribution is 6.34. The quantitative estimate of drug-likeness (QED) is 0.845. The summed E-state index contributed by atoms with van der Waals surface area (Å²) in [6.45, 7) is 3.97. The second kappa shape index (κ2) is 4.17.